The first-order valence-electron chi connectivity index (χ1n) is 8.57. The number of nitrogens with one attached hydrogen (secondary N) is 1. The summed E-state index contributed by atoms with van der Waals surface area (Å²) in [5.74, 6) is 0. The van der Waals surface area contributed by atoms with Crippen LogP contribution in [0.15, 0.2) is 22.9 Å². The third-order valence-corrected chi connectivity index (χ3v) is 4.99. The lowest BCUT2D eigenvalue weighted by Crippen LogP contribution is -2.51. The molecule has 1 aromatic rings. The maximum Gasteiger partial charge on any atom is 0.322 e. The zero-order valence-electron chi connectivity index (χ0n) is 14.2. The van der Waals surface area contributed by atoms with Gasteiger partial charge in [-0.25, -0.2) is 4.79 Å². The molecule has 1 aromatic heterocycles. The number of likely N-dealkylation sites (tertiary alicyclic amines) is 1. The molecule has 2 aliphatic rings. The fourth-order valence-corrected chi connectivity index (χ4v) is 4.06. The first-order chi connectivity index (χ1) is 11.5. The molecule has 132 valence electrons. The maximum atomic E-state index is 12.6. The van der Waals surface area contributed by atoms with E-state index in [2.05, 4.69) is 45.0 Å². The van der Waals surface area contributed by atoms with Crippen LogP contribution in [0.1, 0.15) is 26.7 Å². The van der Waals surface area contributed by atoms with Crippen molar-refractivity contribution in [1.29, 1.82) is 0 Å². The number of carbonyl (C=O) groups is 1. The zero-order valence-corrected chi connectivity index (χ0v) is 15.8. The summed E-state index contributed by atoms with van der Waals surface area (Å²) in [6.07, 6.45) is 6.00. The van der Waals surface area contributed by atoms with E-state index in [1.807, 2.05) is 11.0 Å². The highest BCUT2D eigenvalue weighted by molar-refractivity contribution is 9.10. The van der Waals surface area contributed by atoms with Crippen LogP contribution < -0.4 is 5.32 Å². The highest BCUT2D eigenvalue weighted by Crippen LogP contribution is 2.22. The lowest BCUT2D eigenvalue weighted by atomic mass is 10.1. The summed E-state index contributed by atoms with van der Waals surface area (Å²) >= 11 is 3.38. The van der Waals surface area contributed by atoms with Gasteiger partial charge in [-0.1, -0.05) is 0 Å². The number of aromatic nitrogens is 1. The molecule has 0 radical (unpaired) electrons. The number of urea groups is 1. The first-order valence-corrected chi connectivity index (χ1v) is 9.36. The van der Waals surface area contributed by atoms with E-state index in [1.165, 1.54) is 0 Å². The number of hydrogen-bond acceptors (Lipinski definition) is 4. The van der Waals surface area contributed by atoms with Crippen LogP contribution in [0.4, 0.5) is 10.5 Å². The van der Waals surface area contributed by atoms with Crippen LogP contribution >= 0.6 is 15.9 Å². The number of hydrogen-bond donors (Lipinski definition) is 1. The number of pyridine rings is 1. The molecule has 0 aliphatic carbocycles. The highest BCUT2D eigenvalue weighted by Gasteiger charge is 2.32. The summed E-state index contributed by atoms with van der Waals surface area (Å²) < 4.78 is 6.66. The summed E-state index contributed by atoms with van der Waals surface area (Å²) in [7, 11) is 0. The van der Waals surface area contributed by atoms with Gasteiger partial charge in [0.25, 0.3) is 0 Å². The molecule has 0 unspecified atom stereocenters. The number of morpholine rings is 1. The number of anilines is 1. The van der Waals surface area contributed by atoms with Gasteiger partial charge in [0.15, 0.2) is 0 Å². The van der Waals surface area contributed by atoms with Gasteiger partial charge in [0.2, 0.25) is 0 Å². The van der Waals surface area contributed by atoms with Crippen LogP contribution in [-0.4, -0.2) is 65.2 Å². The molecule has 0 saturated carbocycles. The molecule has 6 nitrogen and oxygen atoms in total. The van der Waals surface area contributed by atoms with E-state index in [0.717, 1.165) is 43.5 Å². The van der Waals surface area contributed by atoms with E-state index in [1.54, 1.807) is 12.4 Å². The molecule has 0 spiro atoms. The van der Waals surface area contributed by atoms with E-state index in [-0.39, 0.29) is 24.3 Å². The molecule has 2 aliphatic heterocycles. The molecular formula is C17H25BrN4O2. The van der Waals surface area contributed by atoms with Crippen LogP contribution in [0.5, 0.6) is 0 Å². The van der Waals surface area contributed by atoms with Crippen molar-refractivity contribution in [3.05, 3.63) is 22.9 Å². The third kappa shape index (κ3) is 4.46. The number of halogens is 1. The van der Waals surface area contributed by atoms with E-state index in [0.29, 0.717) is 5.69 Å². The lowest BCUT2D eigenvalue weighted by Gasteiger charge is -2.38. The Morgan fingerprint density at radius 3 is 2.83 bits per heavy atom. The average Bonchev–Trinajstić information content (AvgIpc) is 2.94. The number of amides is 2. The van der Waals surface area contributed by atoms with E-state index < -0.39 is 0 Å². The molecule has 2 fully saturated rings. The zero-order chi connectivity index (χ0) is 17.1. The Morgan fingerprint density at radius 1 is 1.38 bits per heavy atom. The van der Waals surface area contributed by atoms with Crippen LogP contribution in [0.25, 0.3) is 0 Å². The predicted molar refractivity (Wildman–Crippen MR) is 97.1 cm³/mol. The van der Waals surface area contributed by atoms with Crippen LogP contribution in [-0.2, 0) is 4.74 Å². The fraction of sp³-hybridized carbons (Fsp3) is 0.647. The first kappa shape index (κ1) is 17.6. The summed E-state index contributed by atoms with van der Waals surface area (Å²) in [5, 5.41) is 2.96. The average molecular weight is 397 g/mol. The molecule has 3 atom stereocenters. The van der Waals surface area contributed by atoms with Gasteiger partial charge in [0, 0.05) is 42.9 Å². The minimum Gasteiger partial charge on any atom is -0.373 e. The fourth-order valence-electron chi connectivity index (χ4n) is 3.70. The van der Waals surface area contributed by atoms with Gasteiger partial charge in [-0.15, -0.1) is 0 Å². The summed E-state index contributed by atoms with van der Waals surface area (Å²) in [5.41, 5.74) is 0.716. The summed E-state index contributed by atoms with van der Waals surface area (Å²) in [6, 6.07) is 2.09. The summed E-state index contributed by atoms with van der Waals surface area (Å²) in [4.78, 5) is 21.1. The van der Waals surface area contributed by atoms with Gasteiger partial charge < -0.3 is 15.0 Å². The van der Waals surface area contributed by atoms with Gasteiger partial charge in [-0.3, -0.25) is 9.88 Å². The van der Waals surface area contributed by atoms with E-state index in [9.17, 15) is 4.79 Å². The van der Waals surface area contributed by atoms with Crippen molar-refractivity contribution in [2.24, 2.45) is 0 Å². The Hall–Kier alpha value is -1.18. The maximum absolute atomic E-state index is 12.6. The monoisotopic (exact) mass is 396 g/mol. The van der Waals surface area contributed by atoms with Crippen molar-refractivity contribution in [2.45, 2.75) is 44.9 Å². The molecule has 3 rings (SSSR count). The number of carbonyl (C=O) groups excluding carboxylic acids is 1. The second kappa shape index (κ2) is 7.80. The van der Waals surface area contributed by atoms with Crippen molar-refractivity contribution >= 4 is 27.6 Å². The minimum atomic E-state index is -0.0354. The smallest absolute Gasteiger partial charge is 0.322 e. The molecule has 7 heteroatoms. The molecule has 1 N–H and O–H groups in total. The normalized spacial score (nSPS) is 28.1. The second-order valence-electron chi connectivity index (χ2n) is 6.79. The molecule has 24 heavy (non-hydrogen) atoms. The Bertz CT molecular complexity index is 575. The standard InChI is InChI=1S/C17H25BrN4O2/c1-12-9-21(10-13(2)24-12)11-16-4-3-5-22(16)17(23)20-15-6-14(18)7-19-8-15/h6-8,12-13,16H,3-5,9-11H2,1-2H3,(H,20,23)/t12-,13-,16+/m1/s1. The van der Waals surface area contributed by atoms with Crippen molar-refractivity contribution < 1.29 is 9.53 Å². The van der Waals surface area contributed by atoms with Gasteiger partial charge in [-0.2, -0.15) is 0 Å². The van der Waals surface area contributed by atoms with Crippen LogP contribution in [0.3, 0.4) is 0 Å². The van der Waals surface area contributed by atoms with E-state index >= 15 is 0 Å². The van der Waals surface area contributed by atoms with Crippen LogP contribution in [0.2, 0.25) is 0 Å². The predicted octanol–water partition coefficient (Wildman–Crippen LogP) is 2.95. The number of ether oxygens (including phenoxy) is 1. The molecular weight excluding hydrogens is 372 g/mol. The van der Waals surface area contributed by atoms with Crippen molar-refractivity contribution in [2.75, 3.05) is 31.5 Å². The molecule has 0 aromatic carbocycles. The number of nitrogens with zero attached hydrogens (tertiary/aromatic N) is 3. The molecule has 3 heterocycles. The Morgan fingerprint density at radius 2 is 2.12 bits per heavy atom. The van der Waals surface area contributed by atoms with Gasteiger partial charge in [0.1, 0.15) is 0 Å². The molecule has 2 amide bonds. The Kier molecular flexibility index (Phi) is 5.73. The SMILES string of the molecule is C[C@@H]1CN(C[C@@H]2CCCN2C(=O)Nc2cncc(Br)c2)C[C@@H](C)O1. The highest BCUT2D eigenvalue weighted by atomic mass is 79.9. The third-order valence-electron chi connectivity index (χ3n) is 4.56. The Labute approximate surface area is 151 Å². The van der Waals surface area contributed by atoms with E-state index in [4.69, 9.17) is 4.74 Å². The number of rotatable bonds is 3. The summed E-state index contributed by atoms with van der Waals surface area (Å²) in [6.45, 7) is 7.83. The minimum absolute atomic E-state index is 0.0354. The molecule has 2 saturated heterocycles. The van der Waals surface area contributed by atoms with Gasteiger partial charge in [0.05, 0.1) is 24.1 Å². The van der Waals surface area contributed by atoms with Crippen LogP contribution in [0, 0.1) is 0 Å². The van der Waals surface area contributed by atoms with Gasteiger partial charge in [-0.05, 0) is 48.7 Å². The topological polar surface area (TPSA) is 57.7 Å². The molecule has 0 bridgehead atoms. The van der Waals surface area contributed by atoms with Crippen molar-refractivity contribution in [3.8, 4) is 0 Å². The lowest BCUT2D eigenvalue weighted by molar-refractivity contribution is -0.0712. The van der Waals surface area contributed by atoms with Crippen molar-refractivity contribution in [1.82, 2.24) is 14.8 Å². The largest absolute Gasteiger partial charge is 0.373 e. The Balaban J connectivity index is 1.59. The van der Waals surface area contributed by atoms with Crippen molar-refractivity contribution in [3.63, 3.8) is 0 Å². The second-order valence-corrected chi connectivity index (χ2v) is 7.70. The quantitative estimate of drug-likeness (QED) is 0.852. The van der Waals surface area contributed by atoms with Gasteiger partial charge >= 0.3 is 6.03 Å².